The van der Waals surface area contributed by atoms with Gasteiger partial charge < -0.3 is 31.0 Å². The maximum Gasteiger partial charge on any atom is 0.418 e. The number of aromatic nitrogens is 1. The number of thioether (sulfide) groups is 1. The third kappa shape index (κ3) is 5.69. The van der Waals surface area contributed by atoms with Gasteiger partial charge in [-0.1, -0.05) is 0 Å². The molecule has 2 atom stereocenters. The normalized spacial score (nSPS) is 21.5. The van der Waals surface area contributed by atoms with E-state index in [-0.39, 0.29) is 30.4 Å². The zero-order valence-electron chi connectivity index (χ0n) is 21.8. The summed E-state index contributed by atoms with van der Waals surface area (Å²) in [7, 11) is 0. The monoisotopic (exact) mass is 603 g/mol. The second-order valence-corrected chi connectivity index (χ2v) is 11.0. The summed E-state index contributed by atoms with van der Waals surface area (Å²) in [5.41, 5.74) is 5.29. The maximum atomic E-state index is 13.2. The number of rotatable bonds is 7. The highest BCUT2D eigenvalue weighted by molar-refractivity contribution is 8.00. The zero-order valence-corrected chi connectivity index (χ0v) is 22.6. The largest absolute Gasteiger partial charge is 0.543 e. The number of nitrogens with zero attached hydrogens (tertiary/aromatic N) is 3. The molecule has 42 heavy (non-hydrogen) atoms. The Morgan fingerprint density at radius 2 is 1.93 bits per heavy atom. The van der Waals surface area contributed by atoms with Crippen LogP contribution >= 0.6 is 11.8 Å². The van der Waals surface area contributed by atoms with E-state index in [1.54, 1.807) is 29.4 Å². The third-order valence-electron chi connectivity index (χ3n) is 7.04. The quantitative estimate of drug-likeness (QED) is 0.176. The van der Waals surface area contributed by atoms with E-state index in [4.69, 9.17) is 5.73 Å². The zero-order chi connectivity index (χ0) is 30.3. The van der Waals surface area contributed by atoms with E-state index >= 15 is 0 Å². The van der Waals surface area contributed by atoms with Crippen molar-refractivity contribution >= 4 is 41.1 Å². The van der Waals surface area contributed by atoms with Crippen LogP contribution in [-0.2, 0) is 38.4 Å². The second kappa shape index (κ2) is 11.1. The van der Waals surface area contributed by atoms with Crippen molar-refractivity contribution in [2.24, 2.45) is 5.73 Å². The molecule has 3 aliphatic rings. The number of alkyl halides is 3. The Morgan fingerprint density at radius 1 is 1.21 bits per heavy atom. The number of hydrogen-bond donors (Lipinski definition) is 3. The Kier molecular flexibility index (Phi) is 7.72. The number of nitrogens with two attached hydrogens (primary N) is 1. The van der Waals surface area contributed by atoms with E-state index in [0.717, 1.165) is 22.6 Å². The minimum Gasteiger partial charge on any atom is -0.543 e. The number of nitrogens with one attached hydrogen (secondary N) is 1. The molecular formula is C27H24F3N5O6S. The molecule has 1 aromatic carbocycles. The molecule has 2 saturated heterocycles. The molecule has 15 heteroatoms. The summed E-state index contributed by atoms with van der Waals surface area (Å²) in [5.74, 6) is -3.34. The van der Waals surface area contributed by atoms with E-state index in [0.29, 0.717) is 30.2 Å². The number of pyridine rings is 1. The molecule has 0 unspecified atom stereocenters. The molecule has 2 aromatic rings. The van der Waals surface area contributed by atoms with Crippen LogP contribution in [0.15, 0.2) is 65.6 Å². The number of anilines is 1. The first-order chi connectivity index (χ1) is 19.8. The molecule has 0 bridgehead atoms. The summed E-state index contributed by atoms with van der Waals surface area (Å²) in [6.07, 6.45) is 0.202. The molecule has 0 aliphatic carbocycles. The molecule has 4 heterocycles. The lowest BCUT2D eigenvalue weighted by atomic mass is 10.0. The molecule has 5 rings (SSSR count). The number of carbonyl (C=O) groups is 4. The fourth-order valence-corrected chi connectivity index (χ4v) is 6.21. The smallest absolute Gasteiger partial charge is 0.418 e. The predicted molar refractivity (Wildman–Crippen MR) is 140 cm³/mol. The van der Waals surface area contributed by atoms with Gasteiger partial charge in [-0.2, -0.15) is 17.7 Å². The highest BCUT2D eigenvalue weighted by atomic mass is 32.2. The molecule has 2 fully saturated rings. The molecule has 11 nitrogen and oxygen atoms in total. The number of hydrogen-bond acceptors (Lipinski definition) is 8. The lowest BCUT2D eigenvalue weighted by Crippen LogP contribution is -2.69. The number of fused-ring (bicyclic) bond motifs is 1. The number of carbonyl (C=O) groups excluding carboxylic acids is 4. The number of allylic oxidation sites excluding steroid dienone is 1. The Morgan fingerprint density at radius 3 is 2.60 bits per heavy atom. The highest BCUT2D eigenvalue weighted by Gasteiger charge is 2.50. The van der Waals surface area contributed by atoms with E-state index in [1.165, 1.54) is 22.4 Å². The Hall–Kier alpha value is -4.37. The van der Waals surface area contributed by atoms with Gasteiger partial charge in [-0.15, -0.1) is 11.8 Å². The van der Waals surface area contributed by atoms with Gasteiger partial charge in [-0.25, -0.2) is 0 Å². The van der Waals surface area contributed by atoms with Crippen molar-refractivity contribution in [2.45, 2.75) is 37.1 Å². The molecule has 0 spiro atoms. The van der Waals surface area contributed by atoms with Crippen LogP contribution in [0.2, 0.25) is 0 Å². The van der Waals surface area contributed by atoms with Gasteiger partial charge in [0.05, 0.1) is 22.9 Å². The lowest BCUT2D eigenvalue weighted by molar-refractivity contribution is -0.684. The first-order valence-electron chi connectivity index (χ1n) is 12.7. The number of carboxylic acid groups (broad SMARTS) is 1. The number of β-lactam (4-membered cyclic amide) rings is 1. The SMILES string of the molecule is N[C@@H]1C(=O)N2C(C(=O)[O-])=C(/C=C3\CCN(Cc4cc[n+](CC(=O)Nc5ccc(O)cc5C(F)(F)F)cc4)C3=O)CS[C@H]12. The van der Waals surface area contributed by atoms with Gasteiger partial charge in [0.15, 0.2) is 12.4 Å². The van der Waals surface area contributed by atoms with Crippen molar-refractivity contribution in [1.82, 2.24) is 9.80 Å². The first-order valence-corrected chi connectivity index (χ1v) is 13.7. The minimum absolute atomic E-state index is 0.230. The summed E-state index contributed by atoms with van der Waals surface area (Å²) in [4.78, 5) is 52.1. The summed E-state index contributed by atoms with van der Waals surface area (Å²) in [5, 5.41) is 22.9. The Bertz CT molecular complexity index is 1540. The summed E-state index contributed by atoms with van der Waals surface area (Å²) < 4.78 is 41.2. The number of phenolic OH excluding ortho intramolecular Hbond substituents is 1. The topological polar surface area (TPSA) is 160 Å². The van der Waals surface area contributed by atoms with E-state index < -0.39 is 52.4 Å². The fourth-order valence-electron chi connectivity index (χ4n) is 4.95. The third-order valence-corrected chi connectivity index (χ3v) is 8.36. The number of benzene rings is 1. The van der Waals surface area contributed by atoms with Crippen molar-refractivity contribution < 1.29 is 47.1 Å². The van der Waals surface area contributed by atoms with Crippen LogP contribution in [0.25, 0.3) is 0 Å². The number of likely N-dealkylation sites (tertiary alicyclic amines) is 1. The molecule has 4 N–H and O–H groups in total. The molecular weight excluding hydrogens is 579 g/mol. The number of aliphatic carboxylic acids is 1. The van der Waals surface area contributed by atoms with Crippen LogP contribution in [-0.4, -0.2) is 62.3 Å². The van der Waals surface area contributed by atoms with Crippen LogP contribution in [0.3, 0.4) is 0 Å². The van der Waals surface area contributed by atoms with Crippen molar-refractivity contribution in [3.63, 3.8) is 0 Å². The molecule has 220 valence electrons. The van der Waals surface area contributed by atoms with Gasteiger partial charge in [-0.05, 0) is 41.8 Å². The molecule has 3 aliphatic heterocycles. The number of aromatic hydroxyl groups is 1. The average molecular weight is 604 g/mol. The van der Waals surface area contributed by atoms with E-state index in [1.807, 2.05) is 0 Å². The first kappa shape index (κ1) is 29.1. The standard InChI is InChI=1S/C27H24F3N5O6S/c28-27(29,30)18-10-17(36)1-2-19(18)32-20(37)12-33-6-3-14(4-7-33)11-34-8-5-15(23(34)38)9-16-13-42-25-21(31)24(39)35(25)22(16)26(40)41/h1-4,6-7,9-10,21,25H,5,8,11-13,31H2,(H2-,32,36,37,40,41)/b15-9+/t21-,25-/m1/s1. The average Bonchev–Trinajstić information content (AvgIpc) is 3.27. The number of amides is 3. The molecule has 0 saturated carbocycles. The van der Waals surface area contributed by atoms with Crippen LogP contribution in [0.4, 0.5) is 18.9 Å². The van der Waals surface area contributed by atoms with Crippen molar-refractivity contribution in [1.29, 1.82) is 0 Å². The second-order valence-electron chi connectivity index (χ2n) is 9.90. The summed E-state index contributed by atoms with van der Waals surface area (Å²) in [6.45, 7) is 0.328. The van der Waals surface area contributed by atoms with Crippen molar-refractivity contribution in [2.75, 3.05) is 17.6 Å². The van der Waals surface area contributed by atoms with Crippen LogP contribution in [0.1, 0.15) is 17.5 Å². The molecule has 3 amide bonds. The number of phenols is 1. The van der Waals surface area contributed by atoms with Gasteiger partial charge in [-0.3, -0.25) is 19.3 Å². The highest BCUT2D eigenvalue weighted by Crippen LogP contribution is 2.40. The van der Waals surface area contributed by atoms with Gasteiger partial charge >= 0.3 is 6.18 Å². The summed E-state index contributed by atoms with van der Waals surface area (Å²) >= 11 is 1.32. The van der Waals surface area contributed by atoms with Crippen molar-refractivity contribution in [3.05, 3.63) is 76.8 Å². The number of halogens is 3. The Balaban J connectivity index is 1.22. The Labute approximate surface area is 241 Å². The van der Waals surface area contributed by atoms with E-state index in [9.17, 15) is 42.6 Å². The van der Waals surface area contributed by atoms with E-state index in [2.05, 4.69) is 5.32 Å². The minimum atomic E-state index is -4.77. The van der Waals surface area contributed by atoms with Crippen LogP contribution in [0, 0.1) is 0 Å². The molecule has 0 radical (unpaired) electrons. The van der Waals surface area contributed by atoms with Gasteiger partial charge in [0.25, 0.3) is 5.91 Å². The molecule has 1 aromatic heterocycles. The van der Waals surface area contributed by atoms with Crippen LogP contribution < -0.4 is 20.7 Å². The van der Waals surface area contributed by atoms with Gasteiger partial charge in [0.1, 0.15) is 17.2 Å². The predicted octanol–water partition coefficient (Wildman–Crippen LogP) is 0.242. The van der Waals surface area contributed by atoms with Gasteiger partial charge in [0, 0.05) is 36.5 Å². The lowest BCUT2D eigenvalue weighted by Gasteiger charge is -2.49. The van der Waals surface area contributed by atoms with Gasteiger partial charge in [0.2, 0.25) is 18.4 Å². The van der Waals surface area contributed by atoms with Crippen LogP contribution in [0.5, 0.6) is 5.75 Å². The van der Waals surface area contributed by atoms with Crippen molar-refractivity contribution in [3.8, 4) is 5.75 Å². The maximum absolute atomic E-state index is 13.2. The summed E-state index contributed by atoms with van der Waals surface area (Å²) in [6, 6.07) is 5.10. The number of carboxylic acids is 1. The fraction of sp³-hybridized carbons (Fsp3) is 0.296.